The first kappa shape index (κ1) is 33.9. The predicted molar refractivity (Wildman–Crippen MR) is 187 cm³/mol. The number of likely N-dealkylation sites (tertiary alicyclic amines) is 1. The highest BCUT2D eigenvalue weighted by Gasteiger charge is 2.33. The number of aromatic nitrogens is 4. The van der Waals surface area contributed by atoms with Gasteiger partial charge in [0, 0.05) is 31.9 Å². The Morgan fingerprint density at radius 3 is 2.62 bits per heavy atom. The second-order valence-corrected chi connectivity index (χ2v) is 15.5. The summed E-state index contributed by atoms with van der Waals surface area (Å²) in [7, 11) is 0. The first-order valence-electron chi connectivity index (χ1n) is 16.1. The third-order valence-electron chi connectivity index (χ3n) is 8.57. The molecule has 4 heterocycles. The van der Waals surface area contributed by atoms with Gasteiger partial charge in [0.25, 0.3) is 11.8 Å². The lowest BCUT2D eigenvalue weighted by molar-refractivity contribution is -0.127. The number of rotatable bonds is 9. The SMILES string of the molecule is CC(NCc1ccc2c(c1)nc(NC(=O)c1ccc(-c3ccncn3)s1)n2C[C@H]1CCCN1C(=O)C(C#N)=CC(C)(C)C)C(C)(C)C. The molecular weight excluding hydrogens is 609 g/mol. The minimum Gasteiger partial charge on any atom is -0.333 e. The number of anilines is 1. The standard InChI is InChI=1S/C36H44N8O2S/c1-23(36(5,6)7)39-20-24-10-11-29-28(17-24)41-34(42-32(45)31-13-12-30(47-31)27-14-15-38-22-40-27)44(29)21-26-9-8-16-43(26)33(46)25(19-37)18-35(2,3)4/h10-15,17-18,22-23,26,39H,8-9,16,20-21H2,1-7H3,(H,41,42,45)/t23?,26-/m1/s1. The van der Waals surface area contributed by atoms with Crippen molar-refractivity contribution in [3.05, 3.63) is 71.0 Å². The van der Waals surface area contributed by atoms with E-state index in [1.807, 2.05) is 43.5 Å². The van der Waals surface area contributed by atoms with Gasteiger partial charge in [0.15, 0.2) is 0 Å². The minimum atomic E-state index is -0.305. The fourth-order valence-electron chi connectivity index (χ4n) is 5.57. The van der Waals surface area contributed by atoms with Crippen molar-refractivity contribution in [2.24, 2.45) is 10.8 Å². The van der Waals surface area contributed by atoms with E-state index in [4.69, 9.17) is 4.98 Å². The van der Waals surface area contributed by atoms with E-state index in [1.165, 1.54) is 17.7 Å². The second-order valence-electron chi connectivity index (χ2n) is 14.4. The smallest absolute Gasteiger partial charge is 0.268 e. The van der Waals surface area contributed by atoms with Gasteiger partial charge in [-0.15, -0.1) is 11.3 Å². The molecule has 0 spiro atoms. The molecule has 1 aliphatic heterocycles. The Morgan fingerprint density at radius 1 is 1.15 bits per heavy atom. The summed E-state index contributed by atoms with van der Waals surface area (Å²) in [5.74, 6) is -0.107. The van der Waals surface area contributed by atoms with Gasteiger partial charge in [0.1, 0.15) is 18.0 Å². The zero-order chi connectivity index (χ0) is 33.9. The van der Waals surface area contributed by atoms with E-state index in [1.54, 1.807) is 23.2 Å². The normalized spacial score (nSPS) is 16.3. The summed E-state index contributed by atoms with van der Waals surface area (Å²) >= 11 is 1.35. The minimum absolute atomic E-state index is 0.121. The van der Waals surface area contributed by atoms with Gasteiger partial charge in [-0.25, -0.2) is 15.0 Å². The number of thiophene rings is 1. The summed E-state index contributed by atoms with van der Waals surface area (Å²) in [4.78, 5) is 43.6. The van der Waals surface area contributed by atoms with Gasteiger partial charge in [-0.3, -0.25) is 14.9 Å². The number of carbonyl (C=O) groups is 2. The quantitative estimate of drug-likeness (QED) is 0.150. The molecule has 3 aromatic heterocycles. The molecule has 4 aromatic rings. The number of benzene rings is 1. The molecule has 11 heteroatoms. The summed E-state index contributed by atoms with van der Waals surface area (Å²) in [6.07, 6.45) is 6.53. The maximum absolute atomic E-state index is 13.6. The molecule has 10 nitrogen and oxygen atoms in total. The fraction of sp³-hybridized carbons (Fsp3) is 0.444. The third-order valence-corrected chi connectivity index (χ3v) is 9.68. The highest BCUT2D eigenvalue weighted by atomic mass is 32.1. The van der Waals surface area contributed by atoms with Crippen molar-refractivity contribution in [2.45, 2.75) is 86.5 Å². The van der Waals surface area contributed by atoms with Crippen LogP contribution in [0, 0.1) is 22.2 Å². The lowest BCUT2D eigenvalue weighted by Gasteiger charge is -2.28. The van der Waals surface area contributed by atoms with E-state index in [0.29, 0.717) is 36.5 Å². The van der Waals surface area contributed by atoms with E-state index in [9.17, 15) is 14.9 Å². The van der Waals surface area contributed by atoms with Gasteiger partial charge in [-0.1, -0.05) is 53.7 Å². The van der Waals surface area contributed by atoms with Crippen molar-refractivity contribution in [1.82, 2.24) is 29.7 Å². The predicted octanol–water partition coefficient (Wildman–Crippen LogP) is 6.82. The van der Waals surface area contributed by atoms with Crippen LogP contribution in [0.3, 0.4) is 0 Å². The van der Waals surface area contributed by atoms with E-state index < -0.39 is 0 Å². The van der Waals surface area contributed by atoms with Crippen LogP contribution >= 0.6 is 11.3 Å². The van der Waals surface area contributed by atoms with Crippen LogP contribution in [-0.4, -0.2) is 54.9 Å². The van der Waals surface area contributed by atoms with Crippen LogP contribution in [0.25, 0.3) is 21.6 Å². The molecule has 2 N–H and O–H groups in total. The molecule has 1 unspecified atom stereocenters. The molecule has 2 atom stereocenters. The van der Waals surface area contributed by atoms with Crippen molar-refractivity contribution in [3.8, 4) is 16.6 Å². The summed E-state index contributed by atoms with van der Waals surface area (Å²) in [5.41, 5.74) is 3.44. The Hall–Kier alpha value is -4.40. The number of imidazole rings is 1. The molecule has 47 heavy (non-hydrogen) atoms. The first-order chi connectivity index (χ1) is 22.2. The molecule has 2 amide bonds. The van der Waals surface area contributed by atoms with Crippen LogP contribution < -0.4 is 10.6 Å². The highest BCUT2D eigenvalue weighted by Crippen LogP contribution is 2.30. The van der Waals surface area contributed by atoms with Gasteiger partial charge in [-0.05, 0) is 66.5 Å². The summed E-state index contributed by atoms with van der Waals surface area (Å²) < 4.78 is 2.00. The number of fused-ring (bicyclic) bond motifs is 1. The van der Waals surface area contributed by atoms with Crippen LogP contribution in [0.5, 0.6) is 0 Å². The molecule has 1 saturated heterocycles. The Kier molecular flexibility index (Phi) is 9.94. The Bertz CT molecular complexity index is 1820. The van der Waals surface area contributed by atoms with Crippen LogP contribution in [0.15, 0.2) is 60.6 Å². The van der Waals surface area contributed by atoms with E-state index in [-0.39, 0.29) is 34.3 Å². The van der Waals surface area contributed by atoms with Crippen LogP contribution in [0.4, 0.5) is 5.95 Å². The van der Waals surface area contributed by atoms with Crippen molar-refractivity contribution in [2.75, 3.05) is 11.9 Å². The van der Waals surface area contributed by atoms with Gasteiger partial charge in [0.2, 0.25) is 5.95 Å². The molecule has 1 aromatic carbocycles. The van der Waals surface area contributed by atoms with Crippen LogP contribution in [0.2, 0.25) is 0 Å². The summed E-state index contributed by atoms with van der Waals surface area (Å²) in [6, 6.07) is 13.9. The number of allylic oxidation sites excluding steroid dienone is 1. The molecule has 0 saturated carbocycles. The average Bonchev–Trinajstić information content (AvgIpc) is 3.77. The lowest BCUT2D eigenvalue weighted by atomic mass is 9.88. The van der Waals surface area contributed by atoms with Crippen molar-refractivity contribution < 1.29 is 9.59 Å². The maximum Gasteiger partial charge on any atom is 0.268 e. The number of carbonyl (C=O) groups excluding carboxylic acids is 2. The molecule has 246 valence electrons. The second kappa shape index (κ2) is 13.8. The highest BCUT2D eigenvalue weighted by molar-refractivity contribution is 7.17. The first-order valence-corrected chi connectivity index (χ1v) is 16.9. The topological polar surface area (TPSA) is 129 Å². The zero-order valence-corrected chi connectivity index (χ0v) is 29.1. The monoisotopic (exact) mass is 652 g/mol. The Balaban J connectivity index is 1.46. The number of hydrogen-bond acceptors (Lipinski definition) is 8. The van der Waals surface area contributed by atoms with Gasteiger partial charge < -0.3 is 14.8 Å². The summed E-state index contributed by atoms with van der Waals surface area (Å²) in [6.45, 7) is 16.4. The molecule has 0 radical (unpaired) electrons. The van der Waals surface area contributed by atoms with Gasteiger partial charge in [0.05, 0.1) is 32.5 Å². The van der Waals surface area contributed by atoms with Gasteiger partial charge in [-0.2, -0.15) is 5.26 Å². The van der Waals surface area contributed by atoms with Crippen LogP contribution in [0.1, 0.15) is 76.5 Å². The van der Waals surface area contributed by atoms with Crippen molar-refractivity contribution >= 4 is 40.1 Å². The Labute approximate surface area is 280 Å². The average molecular weight is 653 g/mol. The molecule has 0 aliphatic carbocycles. The van der Waals surface area contributed by atoms with E-state index >= 15 is 0 Å². The Morgan fingerprint density at radius 2 is 1.94 bits per heavy atom. The van der Waals surface area contributed by atoms with Crippen molar-refractivity contribution in [1.29, 1.82) is 5.26 Å². The zero-order valence-electron chi connectivity index (χ0n) is 28.3. The molecular formula is C36H44N8O2S. The van der Waals surface area contributed by atoms with E-state index in [0.717, 1.165) is 40.0 Å². The van der Waals surface area contributed by atoms with Crippen molar-refractivity contribution in [3.63, 3.8) is 0 Å². The largest absolute Gasteiger partial charge is 0.333 e. The molecule has 0 bridgehead atoms. The number of amides is 2. The number of nitriles is 1. The molecule has 5 rings (SSSR count). The third kappa shape index (κ3) is 8.13. The van der Waals surface area contributed by atoms with Gasteiger partial charge >= 0.3 is 0 Å². The number of nitrogens with zero attached hydrogens (tertiary/aromatic N) is 6. The van der Waals surface area contributed by atoms with Crippen LogP contribution in [-0.2, 0) is 17.9 Å². The fourth-order valence-corrected chi connectivity index (χ4v) is 6.45. The lowest BCUT2D eigenvalue weighted by Crippen LogP contribution is -2.39. The number of hydrogen-bond donors (Lipinski definition) is 2. The number of nitrogens with one attached hydrogen (secondary N) is 2. The molecule has 1 aliphatic rings. The maximum atomic E-state index is 13.6. The molecule has 1 fully saturated rings. The van der Waals surface area contributed by atoms with E-state index in [2.05, 4.69) is 66.5 Å². The summed E-state index contributed by atoms with van der Waals surface area (Å²) in [5, 5.41) is 16.5.